The molecule has 0 radical (unpaired) electrons. The van der Waals surface area contributed by atoms with Crippen LogP contribution >= 0.6 is 15.9 Å². The fourth-order valence-corrected chi connectivity index (χ4v) is 2.32. The van der Waals surface area contributed by atoms with Gasteiger partial charge in [0.05, 0.1) is 16.4 Å². The number of nitrogens with zero attached hydrogens (tertiary/aromatic N) is 5. The monoisotopic (exact) mass is 392 g/mol. The molecule has 0 bridgehead atoms. The lowest BCUT2D eigenvalue weighted by molar-refractivity contribution is -0.142. The molecule has 0 fully saturated rings. The van der Waals surface area contributed by atoms with Crippen LogP contribution in [0.5, 0.6) is 0 Å². The summed E-state index contributed by atoms with van der Waals surface area (Å²) < 4.78 is 39.3. The maximum atomic E-state index is 12.2. The summed E-state index contributed by atoms with van der Waals surface area (Å²) in [6.07, 6.45) is -2.02. The highest BCUT2D eigenvalue weighted by Gasteiger charge is 2.28. The Kier molecular flexibility index (Phi) is 4.88. The van der Waals surface area contributed by atoms with E-state index in [-0.39, 0.29) is 11.4 Å². The number of nitrogens with one attached hydrogen (secondary N) is 1. The normalized spacial score (nSPS) is 12.1. The first-order valence-electron chi connectivity index (χ1n) is 6.30. The minimum absolute atomic E-state index is 0.190. The van der Waals surface area contributed by atoms with Crippen molar-refractivity contribution in [2.24, 2.45) is 12.1 Å². The zero-order chi connectivity index (χ0) is 17.2. The maximum Gasteiger partial charge on any atom is 0.408 e. The van der Waals surface area contributed by atoms with E-state index in [4.69, 9.17) is 0 Å². The molecule has 2 heterocycles. The molecule has 0 aliphatic heterocycles. The average molecular weight is 393 g/mol. The molecule has 0 spiro atoms. The highest BCUT2D eigenvalue weighted by molar-refractivity contribution is 9.10. The van der Waals surface area contributed by atoms with Crippen molar-refractivity contribution in [2.75, 3.05) is 0 Å². The summed E-state index contributed by atoms with van der Waals surface area (Å²) in [5.74, 6) is -0.508. The summed E-state index contributed by atoms with van der Waals surface area (Å²) in [4.78, 5) is 12.0. The molecule has 124 valence electrons. The summed E-state index contributed by atoms with van der Waals surface area (Å²) in [5, 5.41) is 11.4. The van der Waals surface area contributed by atoms with Gasteiger partial charge in [0, 0.05) is 13.2 Å². The van der Waals surface area contributed by atoms with Gasteiger partial charge in [0.2, 0.25) is 0 Å². The molecule has 0 saturated carbocycles. The van der Waals surface area contributed by atoms with Crippen molar-refractivity contribution in [3.63, 3.8) is 0 Å². The van der Waals surface area contributed by atoms with E-state index in [1.807, 2.05) is 0 Å². The fourth-order valence-electron chi connectivity index (χ4n) is 1.81. The van der Waals surface area contributed by atoms with Gasteiger partial charge in [0.15, 0.2) is 0 Å². The van der Waals surface area contributed by atoms with Crippen LogP contribution in [0.25, 0.3) is 0 Å². The third-order valence-corrected chi connectivity index (χ3v) is 3.68. The summed E-state index contributed by atoms with van der Waals surface area (Å²) >= 11 is 3.25. The van der Waals surface area contributed by atoms with E-state index in [9.17, 15) is 18.0 Å². The first kappa shape index (κ1) is 17.2. The second-order valence-electron chi connectivity index (χ2n) is 4.62. The number of carbonyl (C=O) groups is 1. The summed E-state index contributed by atoms with van der Waals surface area (Å²) in [6, 6.07) is 1.35. The Labute approximate surface area is 137 Å². The van der Waals surface area contributed by atoms with Crippen LogP contribution < -0.4 is 5.43 Å². The zero-order valence-corrected chi connectivity index (χ0v) is 13.7. The Morgan fingerprint density at radius 1 is 1.48 bits per heavy atom. The average Bonchev–Trinajstić information content (AvgIpc) is 2.93. The predicted octanol–water partition coefficient (Wildman–Crippen LogP) is 2.01. The van der Waals surface area contributed by atoms with Crippen LogP contribution in [0.1, 0.15) is 21.9 Å². The van der Waals surface area contributed by atoms with Crippen molar-refractivity contribution in [3.8, 4) is 0 Å². The van der Waals surface area contributed by atoms with Gasteiger partial charge >= 0.3 is 6.18 Å². The molecule has 1 amide bonds. The second kappa shape index (κ2) is 6.52. The van der Waals surface area contributed by atoms with Crippen molar-refractivity contribution >= 4 is 28.1 Å². The summed E-state index contributed by atoms with van der Waals surface area (Å²) in [5.41, 5.74) is 3.38. The topological polar surface area (TPSA) is 77.1 Å². The van der Waals surface area contributed by atoms with Crippen molar-refractivity contribution in [3.05, 3.63) is 33.8 Å². The summed E-state index contributed by atoms with van der Waals surface area (Å²) in [6.45, 7) is 0.547. The van der Waals surface area contributed by atoms with Crippen molar-refractivity contribution < 1.29 is 18.0 Å². The van der Waals surface area contributed by atoms with Gasteiger partial charge < -0.3 is 0 Å². The molecule has 2 aromatic heterocycles. The fraction of sp³-hybridized carbons (Fsp3) is 0.333. The van der Waals surface area contributed by atoms with E-state index in [1.54, 1.807) is 14.0 Å². The van der Waals surface area contributed by atoms with E-state index >= 15 is 0 Å². The van der Waals surface area contributed by atoms with Crippen LogP contribution in [-0.4, -0.2) is 37.9 Å². The van der Waals surface area contributed by atoms with E-state index in [0.717, 1.165) is 10.9 Å². The van der Waals surface area contributed by atoms with E-state index in [0.29, 0.717) is 10.2 Å². The Balaban J connectivity index is 2.00. The van der Waals surface area contributed by atoms with Gasteiger partial charge in [0.25, 0.3) is 5.91 Å². The second-order valence-corrected chi connectivity index (χ2v) is 5.42. The van der Waals surface area contributed by atoms with Gasteiger partial charge in [0.1, 0.15) is 17.9 Å². The lowest BCUT2D eigenvalue weighted by Crippen LogP contribution is -2.21. The Bertz CT molecular complexity index is 749. The zero-order valence-electron chi connectivity index (χ0n) is 12.1. The molecule has 11 heteroatoms. The Hall–Kier alpha value is -2.17. The molecule has 0 unspecified atom stereocenters. The third kappa shape index (κ3) is 4.41. The van der Waals surface area contributed by atoms with Gasteiger partial charge in [-0.15, -0.1) is 0 Å². The van der Waals surface area contributed by atoms with Gasteiger partial charge in [-0.1, -0.05) is 0 Å². The molecule has 0 atom stereocenters. The molecule has 0 aromatic carbocycles. The molecule has 2 aromatic rings. The lowest BCUT2D eigenvalue weighted by atomic mass is 10.3. The van der Waals surface area contributed by atoms with E-state index < -0.39 is 18.6 Å². The highest BCUT2D eigenvalue weighted by atomic mass is 79.9. The minimum atomic E-state index is -4.35. The summed E-state index contributed by atoms with van der Waals surface area (Å²) in [7, 11) is 1.61. The van der Waals surface area contributed by atoms with Gasteiger partial charge in [-0.05, 0) is 28.9 Å². The third-order valence-electron chi connectivity index (χ3n) is 2.73. The SMILES string of the molecule is Cc1nn(C)c(C(=O)N/N=C/c2ccn(CC(F)(F)F)n2)c1Br. The van der Waals surface area contributed by atoms with E-state index in [2.05, 4.69) is 36.7 Å². The highest BCUT2D eigenvalue weighted by Crippen LogP contribution is 2.20. The van der Waals surface area contributed by atoms with Crippen LogP contribution in [0, 0.1) is 6.92 Å². The number of halogens is 4. The molecule has 23 heavy (non-hydrogen) atoms. The van der Waals surface area contributed by atoms with Crippen molar-refractivity contribution in [1.29, 1.82) is 0 Å². The molecule has 1 N–H and O–H groups in total. The molecular weight excluding hydrogens is 381 g/mol. The Morgan fingerprint density at radius 3 is 2.74 bits per heavy atom. The van der Waals surface area contributed by atoms with Gasteiger partial charge in [-0.3, -0.25) is 14.2 Å². The van der Waals surface area contributed by atoms with Gasteiger partial charge in [-0.25, -0.2) is 5.43 Å². The smallest absolute Gasteiger partial charge is 0.266 e. The molecule has 7 nitrogen and oxygen atoms in total. The molecule has 0 aliphatic carbocycles. The first-order valence-corrected chi connectivity index (χ1v) is 7.09. The van der Waals surface area contributed by atoms with Crippen LogP contribution in [0.4, 0.5) is 13.2 Å². The standard InChI is InChI=1S/C12H12BrF3N6O/c1-7-9(13)10(21(2)19-7)11(23)18-17-5-8-3-4-22(20-8)6-12(14,15)16/h3-5H,6H2,1-2H3,(H,18,23)/b17-5+. The lowest BCUT2D eigenvalue weighted by Gasteiger charge is -2.04. The number of aromatic nitrogens is 4. The number of amides is 1. The van der Waals surface area contributed by atoms with Crippen LogP contribution in [0.3, 0.4) is 0 Å². The molecule has 0 aliphatic rings. The van der Waals surface area contributed by atoms with Crippen molar-refractivity contribution in [1.82, 2.24) is 25.0 Å². The molecule has 2 rings (SSSR count). The number of hydrazone groups is 1. The number of rotatable bonds is 4. The Morgan fingerprint density at radius 2 is 2.17 bits per heavy atom. The number of hydrogen-bond acceptors (Lipinski definition) is 4. The first-order chi connectivity index (χ1) is 10.7. The number of carbonyl (C=O) groups excluding carboxylic acids is 1. The van der Waals surface area contributed by atoms with Gasteiger partial charge in [-0.2, -0.15) is 28.5 Å². The van der Waals surface area contributed by atoms with Crippen LogP contribution in [0.15, 0.2) is 21.8 Å². The van der Waals surface area contributed by atoms with Crippen LogP contribution in [-0.2, 0) is 13.6 Å². The van der Waals surface area contributed by atoms with Crippen molar-refractivity contribution in [2.45, 2.75) is 19.6 Å². The quantitative estimate of drug-likeness (QED) is 0.638. The predicted molar refractivity (Wildman–Crippen MR) is 79.0 cm³/mol. The number of hydrogen-bond donors (Lipinski definition) is 1. The molecule has 0 saturated heterocycles. The largest absolute Gasteiger partial charge is 0.408 e. The maximum absolute atomic E-state index is 12.2. The van der Waals surface area contributed by atoms with Crippen LogP contribution in [0.2, 0.25) is 0 Å². The minimum Gasteiger partial charge on any atom is -0.266 e. The molecular formula is C12H12BrF3N6O. The number of alkyl halides is 3. The van der Waals surface area contributed by atoms with E-state index in [1.165, 1.54) is 16.9 Å². The number of aryl methyl sites for hydroxylation is 2.